The van der Waals surface area contributed by atoms with Gasteiger partial charge in [-0.1, -0.05) is 19.1 Å². The van der Waals surface area contributed by atoms with Gasteiger partial charge in [0.1, 0.15) is 6.04 Å². The molecule has 5 nitrogen and oxygen atoms in total. The number of nitrogens with zero attached hydrogens (tertiary/aromatic N) is 2. The van der Waals surface area contributed by atoms with E-state index in [2.05, 4.69) is 22.5 Å². The van der Waals surface area contributed by atoms with E-state index in [1.54, 1.807) is 12.1 Å². The Bertz CT molecular complexity index is 640. The zero-order chi connectivity index (χ0) is 20.1. The standard InChI is InChI=1S/C20H29F3N4O/c1-2-26(17-7-8-17)14-15-3-5-16(6-4-15)19(28)25-13-18(20(21,22)23)27-11-9-24-10-12-27/h3-6,17-18,24H,2,7-14H2,1H3,(H,25,28). The predicted octanol–water partition coefficient (Wildman–Crippen LogP) is 2.24. The summed E-state index contributed by atoms with van der Waals surface area (Å²) in [5.41, 5.74) is 1.50. The van der Waals surface area contributed by atoms with Gasteiger partial charge in [-0.3, -0.25) is 14.6 Å². The third-order valence-corrected chi connectivity index (χ3v) is 5.50. The Hall–Kier alpha value is -1.64. The molecular formula is C20H29F3N4O. The number of carbonyl (C=O) groups excluding carboxylic acids is 1. The van der Waals surface area contributed by atoms with Crippen LogP contribution in [-0.4, -0.2) is 73.2 Å². The van der Waals surface area contributed by atoms with Gasteiger partial charge >= 0.3 is 6.18 Å². The molecule has 1 saturated carbocycles. The third kappa shape index (κ3) is 5.68. The molecular weight excluding hydrogens is 369 g/mol. The van der Waals surface area contributed by atoms with E-state index in [1.807, 2.05) is 12.1 Å². The molecule has 3 rings (SSSR count). The smallest absolute Gasteiger partial charge is 0.350 e. The average Bonchev–Trinajstić information content (AvgIpc) is 3.51. The van der Waals surface area contributed by atoms with E-state index in [4.69, 9.17) is 0 Å². The van der Waals surface area contributed by atoms with Crippen molar-refractivity contribution >= 4 is 5.91 Å². The number of rotatable bonds is 8. The third-order valence-electron chi connectivity index (χ3n) is 5.50. The number of carbonyl (C=O) groups is 1. The van der Waals surface area contributed by atoms with Crippen LogP contribution in [0.15, 0.2) is 24.3 Å². The van der Waals surface area contributed by atoms with Crippen molar-refractivity contribution in [3.63, 3.8) is 0 Å². The van der Waals surface area contributed by atoms with Crippen LogP contribution in [0.4, 0.5) is 13.2 Å². The molecule has 156 valence electrons. The van der Waals surface area contributed by atoms with Crippen molar-refractivity contribution in [3.05, 3.63) is 35.4 Å². The summed E-state index contributed by atoms with van der Waals surface area (Å²) in [5.74, 6) is -0.467. The Kier molecular flexibility index (Phi) is 6.95. The predicted molar refractivity (Wildman–Crippen MR) is 102 cm³/mol. The highest BCUT2D eigenvalue weighted by Gasteiger charge is 2.43. The molecule has 0 aromatic heterocycles. The topological polar surface area (TPSA) is 47.6 Å². The van der Waals surface area contributed by atoms with Gasteiger partial charge in [0, 0.05) is 50.9 Å². The second-order valence-electron chi connectivity index (χ2n) is 7.54. The summed E-state index contributed by atoms with van der Waals surface area (Å²) < 4.78 is 40.3. The summed E-state index contributed by atoms with van der Waals surface area (Å²) in [6.07, 6.45) is -1.90. The number of hydrogen-bond acceptors (Lipinski definition) is 4. The molecule has 1 heterocycles. The van der Waals surface area contributed by atoms with Crippen LogP contribution in [0.5, 0.6) is 0 Å². The normalized spacial score (nSPS) is 19.6. The van der Waals surface area contributed by atoms with Gasteiger partial charge in [-0.15, -0.1) is 0 Å². The second-order valence-corrected chi connectivity index (χ2v) is 7.54. The first-order valence-electron chi connectivity index (χ1n) is 10.0. The van der Waals surface area contributed by atoms with Crippen LogP contribution in [0.3, 0.4) is 0 Å². The van der Waals surface area contributed by atoms with Crippen molar-refractivity contribution in [1.29, 1.82) is 0 Å². The Morgan fingerprint density at radius 2 is 1.89 bits per heavy atom. The van der Waals surface area contributed by atoms with Crippen molar-refractivity contribution in [1.82, 2.24) is 20.4 Å². The van der Waals surface area contributed by atoms with Crippen LogP contribution in [-0.2, 0) is 6.54 Å². The molecule has 1 aliphatic carbocycles. The number of hydrogen-bond donors (Lipinski definition) is 2. The number of benzene rings is 1. The number of nitrogens with one attached hydrogen (secondary N) is 2. The van der Waals surface area contributed by atoms with Crippen LogP contribution in [0.1, 0.15) is 35.7 Å². The molecule has 28 heavy (non-hydrogen) atoms. The number of halogens is 3. The van der Waals surface area contributed by atoms with Crippen LogP contribution in [0.25, 0.3) is 0 Å². The molecule has 1 atom stereocenters. The lowest BCUT2D eigenvalue weighted by Gasteiger charge is -2.35. The molecule has 8 heteroatoms. The molecule has 2 N–H and O–H groups in total. The summed E-state index contributed by atoms with van der Waals surface area (Å²) >= 11 is 0. The SMILES string of the molecule is CCN(Cc1ccc(C(=O)NCC(N2CCNCC2)C(F)(F)F)cc1)C1CC1. The van der Waals surface area contributed by atoms with Crippen LogP contribution in [0.2, 0.25) is 0 Å². The molecule has 0 bridgehead atoms. The van der Waals surface area contributed by atoms with Gasteiger partial charge in [0.2, 0.25) is 0 Å². The van der Waals surface area contributed by atoms with Gasteiger partial charge < -0.3 is 10.6 Å². The monoisotopic (exact) mass is 398 g/mol. The minimum absolute atomic E-state index is 0.323. The van der Waals surface area contributed by atoms with E-state index < -0.39 is 24.7 Å². The quantitative estimate of drug-likeness (QED) is 0.705. The van der Waals surface area contributed by atoms with Crippen LogP contribution in [0, 0.1) is 0 Å². The first-order valence-corrected chi connectivity index (χ1v) is 10.0. The number of piperazine rings is 1. The highest BCUT2D eigenvalue weighted by molar-refractivity contribution is 5.94. The van der Waals surface area contributed by atoms with Gasteiger partial charge in [0.15, 0.2) is 0 Å². The lowest BCUT2D eigenvalue weighted by Crippen LogP contribution is -2.57. The fraction of sp³-hybridized carbons (Fsp3) is 0.650. The summed E-state index contributed by atoms with van der Waals surface area (Å²) in [7, 11) is 0. The Morgan fingerprint density at radius 3 is 2.43 bits per heavy atom. The number of amides is 1. The molecule has 0 spiro atoms. The lowest BCUT2D eigenvalue weighted by atomic mass is 10.1. The highest BCUT2D eigenvalue weighted by atomic mass is 19.4. The van der Waals surface area contributed by atoms with E-state index >= 15 is 0 Å². The maximum Gasteiger partial charge on any atom is 0.405 e. The van der Waals surface area contributed by atoms with Gasteiger partial charge in [0.25, 0.3) is 5.91 Å². The lowest BCUT2D eigenvalue weighted by molar-refractivity contribution is -0.183. The maximum absolute atomic E-state index is 13.4. The first kappa shape index (κ1) is 21.1. The fourth-order valence-corrected chi connectivity index (χ4v) is 3.67. The minimum Gasteiger partial charge on any atom is -0.350 e. The van der Waals surface area contributed by atoms with Gasteiger partial charge in [0.05, 0.1) is 0 Å². The molecule has 1 aromatic rings. The largest absolute Gasteiger partial charge is 0.405 e. The minimum atomic E-state index is -4.37. The summed E-state index contributed by atoms with van der Waals surface area (Å²) in [6.45, 7) is 5.22. The fourth-order valence-electron chi connectivity index (χ4n) is 3.67. The van der Waals surface area contributed by atoms with E-state index in [0.29, 0.717) is 37.8 Å². The maximum atomic E-state index is 13.4. The van der Waals surface area contributed by atoms with Crippen LogP contribution >= 0.6 is 0 Å². The van der Waals surface area contributed by atoms with E-state index in [0.717, 1.165) is 18.7 Å². The van der Waals surface area contributed by atoms with Gasteiger partial charge in [-0.05, 0) is 37.1 Å². The summed E-state index contributed by atoms with van der Waals surface area (Å²) in [4.78, 5) is 16.1. The highest BCUT2D eigenvalue weighted by Crippen LogP contribution is 2.28. The van der Waals surface area contributed by atoms with Crippen molar-refractivity contribution in [2.75, 3.05) is 39.3 Å². The van der Waals surface area contributed by atoms with E-state index in [9.17, 15) is 18.0 Å². The van der Waals surface area contributed by atoms with Crippen LogP contribution < -0.4 is 10.6 Å². The zero-order valence-electron chi connectivity index (χ0n) is 16.3. The number of alkyl halides is 3. The van der Waals surface area contributed by atoms with Gasteiger partial charge in [-0.25, -0.2) is 0 Å². The molecule has 1 aliphatic heterocycles. The summed E-state index contributed by atoms with van der Waals surface area (Å²) in [6, 6.07) is 6.17. The Labute approximate surface area is 164 Å². The van der Waals surface area contributed by atoms with Crippen molar-refractivity contribution < 1.29 is 18.0 Å². The van der Waals surface area contributed by atoms with Crippen molar-refractivity contribution in [2.24, 2.45) is 0 Å². The molecule has 0 radical (unpaired) electrons. The molecule has 2 fully saturated rings. The first-order chi connectivity index (χ1) is 13.4. The Balaban J connectivity index is 1.55. The Morgan fingerprint density at radius 1 is 1.25 bits per heavy atom. The second kappa shape index (κ2) is 9.24. The molecule has 2 aliphatic rings. The van der Waals surface area contributed by atoms with Gasteiger partial charge in [-0.2, -0.15) is 13.2 Å². The van der Waals surface area contributed by atoms with Crippen molar-refractivity contribution in [2.45, 2.75) is 44.6 Å². The molecule has 1 aromatic carbocycles. The zero-order valence-corrected chi connectivity index (χ0v) is 16.3. The van der Waals surface area contributed by atoms with Crippen molar-refractivity contribution in [3.8, 4) is 0 Å². The molecule has 1 amide bonds. The average molecular weight is 398 g/mol. The molecule has 1 unspecified atom stereocenters. The van der Waals surface area contributed by atoms with E-state index in [1.165, 1.54) is 17.7 Å². The summed E-state index contributed by atoms with van der Waals surface area (Å²) in [5, 5.41) is 5.52. The van der Waals surface area contributed by atoms with E-state index in [-0.39, 0.29) is 0 Å². The molecule has 1 saturated heterocycles.